The lowest BCUT2D eigenvalue weighted by Crippen LogP contribution is -2.24. The van der Waals surface area contributed by atoms with Crippen molar-refractivity contribution in [1.82, 2.24) is 5.32 Å². The molecule has 2 atom stereocenters. The highest BCUT2D eigenvalue weighted by molar-refractivity contribution is 9.10. The van der Waals surface area contributed by atoms with Gasteiger partial charge in [-0.15, -0.1) is 0 Å². The van der Waals surface area contributed by atoms with Crippen LogP contribution in [0.2, 0.25) is 0 Å². The number of benzene rings is 1. The summed E-state index contributed by atoms with van der Waals surface area (Å²) in [6.45, 7) is 9.29. The summed E-state index contributed by atoms with van der Waals surface area (Å²) < 4.78 is 1.16. The number of nitrogens with one attached hydrogen (secondary N) is 1. The fraction of sp³-hybridized carbons (Fsp3) is 0.625. The van der Waals surface area contributed by atoms with E-state index in [9.17, 15) is 0 Å². The molecule has 1 saturated heterocycles. The smallest absolute Gasteiger partial charge is 0.0415 e. The molecule has 0 aromatic heterocycles. The monoisotopic (exact) mass is 324 g/mol. The van der Waals surface area contributed by atoms with E-state index in [0.717, 1.165) is 16.3 Å². The van der Waals surface area contributed by atoms with Gasteiger partial charge >= 0.3 is 0 Å². The van der Waals surface area contributed by atoms with Crippen molar-refractivity contribution in [3.8, 4) is 0 Å². The average Bonchev–Trinajstić information content (AvgIpc) is 2.87. The maximum Gasteiger partial charge on any atom is 0.0415 e. The highest BCUT2D eigenvalue weighted by Crippen LogP contribution is 2.34. The number of nitrogens with zero attached hydrogens (tertiary/aromatic N) is 1. The van der Waals surface area contributed by atoms with E-state index in [2.05, 4.69) is 65.1 Å². The Morgan fingerprint density at radius 2 is 2.05 bits per heavy atom. The molecule has 106 valence electrons. The van der Waals surface area contributed by atoms with Gasteiger partial charge < -0.3 is 10.2 Å². The molecule has 0 aliphatic carbocycles. The summed E-state index contributed by atoms with van der Waals surface area (Å²) in [5.74, 6) is 1.62. The molecule has 0 amide bonds. The number of anilines is 1. The zero-order chi connectivity index (χ0) is 14.0. The second-order valence-electron chi connectivity index (χ2n) is 5.95. The minimum absolute atomic E-state index is 0.380. The van der Waals surface area contributed by atoms with E-state index < -0.39 is 0 Å². The minimum Gasteiger partial charge on any atom is -0.371 e. The topological polar surface area (TPSA) is 15.3 Å². The van der Waals surface area contributed by atoms with Crippen LogP contribution in [-0.4, -0.2) is 20.1 Å². The van der Waals surface area contributed by atoms with Crippen LogP contribution in [0.25, 0.3) is 0 Å². The molecule has 1 aliphatic heterocycles. The molecule has 2 rings (SSSR count). The number of hydrogen-bond acceptors (Lipinski definition) is 2. The van der Waals surface area contributed by atoms with Crippen molar-refractivity contribution in [2.24, 2.45) is 11.8 Å². The van der Waals surface area contributed by atoms with Crippen LogP contribution in [0.1, 0.15) is 38.8 Å². The molecule has 0 saturated carbocycles. The van der Waals surface area contributed by atoms with Crippen molar-refractivity contribution in [1.29, 1.82) is 0 Å². The second kappa shape index (κ2) is 6.27. The van der Waals surface area contributed by atoms with Gasteiger partial charge in [-0.05, 0) is 56.0 Å². The van der Waals surface area contributed by atoms with Gasteiger partial charge in [0.05, 0.1) is 0 Å². The molecule has 0 spiro atoms. The van der Waals surface area contributed by atoms with Crippen LogP contribution in [0.15, 0.2) is 22.7 Å². The third-order valence-electron chi connectivity index (χ3n) is 4.40. The Kier molecular flexibility index (Phi) is 4.91. The van der Waals surface area contributed by atoms with Crippen molar-refractivity contribution in [2.45, 2.75) is 33.2 Å². The molecule has 1 heterocycles. The molecule has 1 aliphatic rings. The van der Waals surface area contributed by atoms with E-state index in [4.69, 9.17) is 0 Å². The van der Waals surface area contributed by atoms with E-state index in [1.807, 2.05) is 7.05 Å². The highest BCUT2D eigenvalue weighted by Gasteiger charge is 2.26. The lowest BCUT2D eigenvalue weighted by Gasteiger charge is -2.25. The molecular formula is C16H25BrN2. The van der Waals surface area contributed by atoms with Crippen LogP contribution in [0.5, 0.6) is 0 Å². The molecular weight excluding hydrogens is 300 g/mol. The standard InChI is InChI=1S/C16H25BrN2/c1-11(2)13-7-8-19(10-13)16-6-5-14(17)9-15(16)12(3)18-4/h5-6,9,11-13,18H,7-8,10H2,1-4H3. The SMILES string of the molecule is CNC(C)c1cc(Br)ccc1N1CCC(C(C)C)C1. The van der Waals surface area contributed by atoms with E-state index in [0.29, 0.717) is 6.04 Å². The van der Waals surface area contributed by atoms with Crippen LogP contribution < -0.4 is 10.2 Å². The van der Waals surface area contributed by atoms with Crippen LogP contribution in [0, 0.1) is 11.8 Å². The second-order valence-corrected chi connectivity index (χ2v) is 6.87. The Bertz CT molecular complexity index is 431. The largest absolute Gasteiger partial charge is 0.371 e. The van der Waals surface area contributed by atoms with Crippen LogP contribution in [0.3, 0.4) is 0 Å². The summed E-state index contributed by atoms with van der Waals surface area (Å²) in [7, 11) is 2.02. The first-order valence-electron chi connectivity index (χ1n) is 7.24. The molecule has 1 aromatic rings. The molecule has 0 radical (unpaired) electrons. The zero-order valence-electron chi connectivity index (χ0n) is 12.4. The van der Waals surface area contributed by atoms with Gasteiger partial charge in [-0.2, -0.15) is 0 Å². The Morgan fingerprint density at radius 3 is 2.63 bits per heavy atom. The van der Waals surface area contributed by atoms with Gasteiger partial charge in [0.25, 0.3) is 0 Å². The van der Waals surface area contributed by atoms with Gasteiger partial charge in [-0.3, -0.25) is 0 Å². The summed E-state index contributed by atoms with van der Waals surface area (Å²) in [5, 5.41) is 3.36. The van der Waals surface area contributed by atoms with Gasteiger partial charge in [0.15, 0.2) is 0 Å². The van der Waals surface area contributed by atoms with Crippen LogP contribution in [0.4, 0.5) is 5.69 Å². The predicted molar refractivity (Wildman–Crippen MR) is 86.8 cm³/mol. The first kappa shape index (κ1) is 14.9. The Labute approximate surface area is 125 Å². The summed E-state index contributed by atoms with van der Waals surface area (Å²) in [5.41, 5.74) is 2.79. The maximum atomic E-state index is 3.59. The summed E-state index contributed by atoms with van der Waals surface area (Å²) in [4.78, 5) is 2.56. The molecule has 2 unspecified atom stereocenters. The number of hydrogen-bond donors (Lipinski definition) is 1. The van der Waals surface area contributed by atoms with Crippen LogP contribution >= 0.6 is 15.9 Å². The lowest BCUT2D eigenvalue weighted by atomic mass is 9.95. The van der Waals surface area contributed by atoms with Gasteiger partial charge in [0.2, 0.25) is 0 Å². The number of halogens is 1. The Balaban J connectivity index is 2.25. The van der Waals surface area contributed by atoms with E-state index >= 15 is 0 Å². The van der Waals surface area contributed by atoms with Crippen molar-refractivity contribution >= 4 is 21.6 Å². The number of rotatable bonds is 4. The maximum absolute atomic E-state index is 3.59. The fourth-order valence-electron chi connectivity index (χ4n) is 2.87. The molecule has 1 N–H and O–H groups in total. The first-order valence-corrected chi connectivity index (χ1v) is 8.04. The van der Waals surface area contributed by atoms with Crippen molar-refractivity contribution in [3.63, 3.8) is 0 Å². The molecule has 1 fully saturated rings. The molecule has 1 aromatic carbocycles. The summed E-state index contributed by atoms with van der Waals surface area (Å²) in [6.07, 6.45) is 1.32. The van der Waals surface area contributed by atoms with E-state index in [1.54, 1.807) is 0 Å². The van der Waals surface area contributed by atoms with Gasteiger partial charge in [0, 0.05) is 29.3 Å². The summed E-state index contributed by atoms with van der Waals surface area (Å²) >= 11 is 3.59. The normalized spacial score (nSPS) is 21.2. The average molecular weight is 325 g/mol. The molecule has 3 heteroatoms. The highest BCUT2D eigenvalue weighted by atomic mass is 79.9. The Morgan fingerprint density at radius 1 is 1.32 bits per heavy atom. The van der Waals surface area contributed by atoms with Gasteiger partial charge in [-0.1, -0.05) is 29.8 Å². The van der Waals surface area contributed by atoms with E-state index in [1.165, 1.54) is 30.8 Å². The zero-order valence-corrected chi connectivity index (χ0v) is 14.0. The molecule has 2 nitrogen and oxygen atoms in total. The minimum atomic E-state index is 0.380. The predicted octanol–water partition coefficient (Wildman–Crippen LogP) is 4.21. The van der Waals surface area contributed by atoms with E-state index in [-0.39, 0.29) is 0 Å². The van der Waals surface area contributed by atoms with Crippen molar-refractivity contribution in [3.05, 3.63) is 28.2 Å². The lowest BCUT2D eigenvalue weighted by molar-refractivity contribution is 0.422. The third-order valence-corrected chi connectivity index (χ3v) is 4.89. The van der Waals surface area contributed by atoms with Crippen molar-refractivity contribution < 1.29 is 0 Å². The third kappa shape index (κ3) is 3.32. The van der Waals surface area contributed by atoms with Crippen LogP contribution in [-0.2, 0) is 0 Å². The van der Waals surface area contributed by atoms with Gasteiger partial charge in [0.1, 0.15) is 0 Å². The fourth-order valence-corrected chi connectivity index (χ4v) is 3.24. The molecule has 0 bridgehead atoms. The quantitative estimate of drug-likeness (QED) is 0.892. The summed E-state index contributed by atoms with van der Waals surface area (Å²) in [6, 6.07) is 7.05. The van der Waals surface area contributed by atoms with Gasteiger partial charge in [-0.25, -0.2) is 0 Å². The Hall–Kier alpha value is -0.540. The first-order chi connectivity index (χ1) is 9.02. The molecule has 19 heavy (non-hydrogen) atoms. The van der Waals surface area contributed by atoms with Crippen molar-refractivity contribution in [2.75, 3.05) is 25.0 Å².